The summed E-state index contributed by atoms with van der Waals surface area (Å²) >= 11 is 0. The van der Waals surface area contributed by atoms with E-state index in [4.69, 9.17) is 4.42 Å². The van der Waals surface area contributed by atoms with E-state index in [0.29, 0.717) is 24.0 Å². The average Bonchev–Trinajstić information content (AvgIpc) is 3.37. The van der Waals surface area contributed by atoms with Crippen molar-refractivity contribution >= 4 is 11.5 Å². The zero-order valence-electron chi connectivity index (χ0n) is 16.6. The maximum atomic E-state index is 12.4. The van der Waals surface area contributed by atoms with Crippen LogP contribution in [0.1, 0.15) is 53.7 Å². The molecule has 0 spiro atoms. The van der Waals surface area contributed by atoms with Gasteiger partial charge in [0.15, 0.2) is 11.7 Å². The Morgan fingerprint density at radius 2 is 2.11 bits per heavy atom. The summed E-state index contributed by atoms with van der Waals surface area (Å²) in [5.74, 6) is 0.535. The lowest BCUT2D eigenvalue weighted by Crippen LogP contribution is -2.39. The molecule has 4 rings (SSSR count). The van der Waals surface area contributed by atoms with E-state index in [9.17, 15) is 4.79 Å². The topological polar surface area (TPSA) is 49.6 Å². The van der Waals surface area contributed by atoms with Crippen molar-refractivity contribution in [2.45, 2.75) is 58.5 Å². The van der Waals surface area contributed by atoms with E-state index in [1.807, 2.05) is 0 Å². The van der Waals surface area contributed by atoms with Crippen LogP contribution in [0.2, 0.25) is 0 Å². The van der Waals surface area contributed by atoms with Crippen LogP contribution in [-0.2, 0) is 6.42 Å². The number of Topliss-reactive ketones (excluding diaryl/α,β-unsaturated/α-hetero) is 1. The van der Waals surface area contributed by atoms with Crippen LogP contribution in [0.3, 0.4) is 0 Å². The fourth-order valence-electron chi connectivity index (χ4n) is 4.58. The van der Waals surface area contributed by atoms with Crippen LogP contribution in [0.25, 0.3) is 0 Å². The van der Waals surface area contributed by atoms with Crippen molar-refractivity contribution in [1.82, 2.24) is 9.88 Å². The molecule has 3 heterocycles. The second-order valence-corrected chi connectivity index (χ2v) is 8.08. The lowest BCUT2D eigenvalue weighted by atomic mass is 10.0. The van der Waals surface area contributed by atoms with Crippen LogP contribution in [0.4, 0.5) is 5.69 Å². The molecular formula is C22H29N3O2. The molecule has 1 aromatic carbocycles. The number of benzene rings is 1. The summed E-state index contributed by atoms with van der Waals surface area (Å²) in [7, 11) is 0. The van der Waals surface area contributed by atoms with Gasteiger partial charge in [-0.3, -0.25) is 9.69 Å². The third-order valence-electron chi connectivity index (χ3n) is 6.18. The Morgan fingerprint density at radius 1 is 1.26 bits per heavy atom. The maximum absolute atomic E-state index is 12.4. The number of hydrogen-bond acceptors (Lipinski definition) is 5. The number of ketones is 1. The zero-order valence-corrected chi connectivity index (χ0v) is 16.6. The third-order valence-corrected chi connectivity index (χ3v) is 6.18. The molecule has 0 aliphatic carbocycles. The molecular weight excluding hydrogens is 338 g/mol. The Balaban J connectivity index is 1.42. The minimum Gasteiger partial charge on any atom is -0.449 e. The molecule has 0 amide bonds. The summed E-state index contributed by atoms with van der Waals surface area (Å²) in [4.78, 5) is 21.7. The number of oxazole rings is 1. The Hall–Kier alpha value is -2.14. The van der Waals surface area contributed by atoms with Crippen LogP contribution < -0.4 is 4.90 Å². The number of carbonyl (C=O) groups excluding carboxylic acids is 1. The highest BCUT2D eigenvalue weighted by molar-refractivity contribution is 5.95. The molecule has 2 aromatic rings. The molecule has 0 unspecified atom stereocenters. The molecule has 144 valence electrons. The van der Waals surface area contributed by atoms with Crippen molar-refractivity contribution in [2.75, 3.05) is 24.5 Å². The summed E-state index contributed by atoms with van der Waals surface area (Å²) < 4.78 is 5.16. The predicted molar refractivity (Wildman–Crippen MR) is 106 cm³/mol. The third kappa shape index (κ3) is 3.79. The van der Waals surface area contributed by atoms with Gasteiger partial charge in [-0.15, -0.1) is 0 Å². The average molecular weight is 367 g/mol. The first kappa shape index (κ1) is 18.2. The first-order chi connectivity index (χ1) is 13.0. The quantitative estimate of drug-likeness (QED) is 0.753. The largest absolute Gasteiger partial charge is 0.449 e. The number of rotatable bonds is 5. The molecule has 2 saturated heterocycles. The van der Waals surface area contributed by atoms with E-state index in [1.54, 1.807) is 6.92 Å². The van der Waals surface area contributed by atoms with E-state index in [0.717, 1.165) is 24.7 Å². The van der Waals surface area contributed by atoms with Gasteiger partial charge in [0.25, 0.3) is 0 Å². The summed E-state index contributed by atoms with van der Waals surface area (Å²) in [6, 6.07) is 7.90. The molecule has 2 aliphatic heterocycles. The molecule has 2 fully saturated rings. The molecule has 0 radical (unpaired) electrons. The fourth-order valence-corrected chi connectivity index (χ4v) is 4.58. The number of anilines is 1. The monoisotopic (exact) mass is 367 g/mol. The van der Waals surface area contributed by atoms with Gasteiger partial charge in [-0.1, -0.05) is 6.07 Å². The maximum Gasteiger partial charge on any atom is 0.191 e. The van der Waals surface area contributed by atoms with Crippen LogP contribution in [0.5, 0.6) is 0 Å². The van der Waals surface area contributed by atoms with Crippen molar-refractivity contribution in [2.24, 2.45) is 0 Å². The standard InChI is InChI=1S/C22H29N3O2/c1-15-11-19(24-10-8-20(13-24)25-9-4-5-16(25)2)7-6-18(15)12-22(26)21-14-27-17(3)23-21/h6-7,11,14,16,20H,4-5,8-10,12-13H2,1-3H3/t16-,20-/m0/s1. The second-order valence-electron chi connectivity index (χ2n) is 8.08. The SMILES string of the molecule is Cc1nc(C(=O)Cc2ccc(N3CC[C@H](N4CCC[C@@H]4C)C3)cc2C)co1. The van der Waals surface area contributed by atoms with Crippen LogP contribution in [-0.4, -0.2) is 47.4 Å². The van der Waals surface area contributed by atoms with Crippen molar-refractivity contribution in [3.8, 4) is 0 Å². The summed E-state index contributed by atoms with van der Waals surface area (Å²) in [5, 5.41) is 0. The van der Waals surface area contributed by atoms with Crippen LogP contribution in [0.15, 0.2) is 28.9 Å². The Kier molecular flexibility index (Phi) is 5.04. The van der Waals surface area contributed by atoms with Crippen molar-refractivity contribution in [1.29, 1.82) is 0 Å². The fraction of sp³-hybridized carbons (Fsp3) is 0.545. The Labute approximate surface area is 161 Å². The van der Waals surface area contributed by atoms with Gasteiger partial charge in [-0.05, 0) is 62.9 Å². The molecule has 5 nitrogen and oxygen atoms in total. The molecule has 1 aromatic heterocycles. The highest BCUT2D eigenvalue weighted by Gasteiger charge is 2.33. The van der Waals surface area contributed by atoms with Crippen molar-refractivity contribution < 1.29 is 9.21 Å². The number of hydrogen-bond donors (Lipinski definition) is 0. The van der Waals surface area contributed by atoms with Crippen molar-refractivity contribution in [3.05, 3.63) is 47.2 Å². The van der Waals surface area contributed by atoms with Crippen molar-refractivity contribution in [3.63, 3.8) is 0 Å². The molecule has 0 N–H and O–H groups in total. The van der Waals surface area contributed by atoms with E-state index >= 15 is 0 Å². The van der Waals surface area contributed by atoms with Gasteiger partial charge in [0, 0.05) is 44.2 Å². The number of aryl methyl sites for hydroxylation is 2. The predicted octanol–water partition coefficient (Wildman–Crippen LogP) is 3.78. The van der Waals surface area contributed by atoms with Gasteiger partial charge >= 0.3 is 0 Å². The van der Waals surface area contributed by atoms with Gasteiger partial charge < -0.3 is 9.32 Å². The number of carbonyl (C=O) groups is 1. The summed E-state index contributed by atoms with van der Waals surface area (Å²) in [6.45, 7) is 9.69. The Bertz CT molecular complexity index is 829. The van der Waals surface area contributed by atoms with Gasteiger partial charge in [-0.2, -0.15) is 0 Å². The first-order valence-corrected chi connectivity index (χ1v) is 10.1. The minimum atomic E-state index is 0.00644. The van der Waals surface area contributed by atoms with Crippen LogP contribution in [0, 0.1) is 13.8 Å². The Morgan fingerprint density at radius 3 is 2.78 bits per heavy atom. The smallest absolute Gasteiger partial charge is 0.191 e. The minimum absolute atomic E-state index is 0.00644. The van der Waals surface area contributed by atoms with E-state index in [1.165, 1.54) is 43.3 Å². The number of aromatic nitrogens is 1. The second kappa shape index (κ2) is 7.47. The lowest BCUT2D eigenvalue weighted by Gasteiger charge is -2.28. The highest BCUT2D eigenvalue weighted by Crippen LogP contribution is 2.29. The molecule has 27 heavy (non-hydrogen) atoms. The highest BCUT2D eigenvalue weighted by atomic mass is 16.3. The van der Waals surface area contributed by atoms with Crippen LogP contribution >= 0.6 is 0 Å². The lowest BCUT2D eigenvalue weighted by molar-refractivity contribution is 0.0988. The number of nitrogens with zero attached hydrogens (tertiary/aromatic N) is 3. The molecule has 2 atom stereocenters. The normalized spacial score (nSPS) is 23.3. The number of likely N-dealkylation sites (tertiary alicyclic amines) is 1. The van der Waals surface area contributed by atoms with Gasteiger partial charge in [0.1, 0.15) is 12.0 Å². The summed E-state index contributed by atoms with van der Waals surface area (Å²) in [6.07, 6.45) is 5.74. The first-order valence-electron chi connectivity index (χ1n) is 10.1. The molecule has 2 aliphatic rings. The molecule has 5 heteroatoms. The molecule has 0 saturated carbocycles. The molecule has 0 bridgehead atoms. The summed E-state index contributed by atoms with van der Waals surface area (Å²) in [5.41, 5.74) is 3.92. The van der Waals surface area contributed by atoms with Gasteiger partial charge in [-0.25, -0.2) is 4.98 Å². The van der Waals surface area contributed by atoms with Gasteiger partial charge in [0.2, 0.25) is 0 Å². The van der Waals surface area contributed by atoms with E-state index < -0.39 is 0 Å². The van der Waals surface area contributed by atoms with E-state index in [2.05, 4.69) is 46.8 Å². The van der Waals surface area contributed by atoms with Gasteiger partial charge in [0.05, 0.1) is 0 Å². The van der Waals surface area contributed by atoms with E-state index in [-0.39, 0.29) is 5.78 Å². The zero-order chi connectivity index (χ0) is 19.0.